The lowest BCUT2D eigenvalue weighted by Crippen LogP contribution is -2.30. The fourth-order valence-electron chi connectivity index (χ4n) is 4.59. The molecule has 2 heterocycles. The molecule has 0 atom stereocenters. The van der Waals surface area contributed by atoms with Crippen molar-refractivity contribution in [2.24, 2.45) is 11.8 Å². The lowest BCUT2D eigenvalue weighted by molar-refractivity contribution is 0.202. The van der Waals surface area contributed by atoms with E-state index in [-0.39, 0.29) is 5.56 Å². The van der Waals surface area contributed by atoms with Crippen molar-refractivity contribution in [3.8, 4) is 0 Å². The third kappa shape index (κ3) is 4.48. The molecule has 0 spiro atoms. The van der Waals surface area contributed by atoms with E-state index in [4.69, 9.17) is 4.52 Å². The number of allylic oxidation sites excluding steroid dienone is 1. The van der Waals surface area contributed by atoms with Gasteiger partial charge in [0.25, 0.3) is 5.56 Å². The molecule has 2 aliphatic rings. The first-order valence-corrected chi connectivity index (χ1v) is 10.7. The minimum absolute atomic E-state index is 0.0153. The fraction of sp³-hybridized carbons (Fsp3) is 0.609. The molecule has 0 N–H and O–H groups in total. The number of hydrogen-bond donors (Lipinski definition) is 0. The normalized spacial score (nSPS) is 20.1. The molecule has 0 radical (unpaired) electrons. The minimum atomic E-state index is 0.0153. The molecule has 4 heteroatoms. The molecule has 1 aromatic carbocycles. The summed E-state index contributed by atoms with van der Waals surface area (Å²) >= 11 is 0. The zero-order valence-electron chi connectivity index (χ0n) is 16.5. The Morgan fingerprint density at radius 1 is 1.11 bits per heavy atom. The molecule has 0 unspecified atom stereocenters. The maximum Gasteiger partial charge on any atom is 0.290 e. The van der Waals surface area contributed by atoms with Gasteiger partial charge in [0.15, 0.2) is 5.58 Å². The molecule has 146 valence electrons. The van der Waals surface area contributed by atoms with Crippen LogP contribution in [0.25, 0.3) is 11.0 Å². The maximum atomic E-state index is 12.5. The van der Waals surface area contributed by atoms with Gasteiger partial charge >= 0.3 is 0 Å². The van der Waals surface area contributed by atoms with Gasteiger partial charge < -0.3 is 9.42 Å². The fourth-order valence-corrected chi connectivity index (χ4v) is 4.59. The molecule has 27 heavy (non-hydrogen) atoms. The Morgan fingerprint density at radius 3 is 2.67 bits per heavy atom. The van der Waals surface area contributed by atoms with Gasteiger partial charge in [-0.05, 0) is 69.2 Å². The Labute approximate surface area is 161 Å². The summed E-state index contributed by atoms with van der Waals surface area (Å²) in [5, 5.41) is 0.706. The molecule has 1 aliphatic heterocycles. The zero-order chi connectivity index (χ0) is 18.6. The van der Waals surface area contributed by atoms with E-state index in [1.54, 1.807) is 4.74 Å². The van der Waals surface area contributed by atoms with Crippen molar-refractivity contribution in [3.63, 3.8) is 0 Å². The number of aryl methyl sites for hydroxylation is 2. The molecule has 1 saturated carbocycles. The molecular formula is C23H32N2O2. The number of piperidine rings is 1. The van der Waals surface area contributed by atoms with Crippen molar-refractivity contribution in [1.82, 2.24) is 9.64 Å². The van der Waals surface area contributed by atoms with E-state index in [1.165, 1.54) is 44.9 Å². The third-order valence-corrected chi connectivity index (χ3v) is 6.41. The quantitative estimate of drug-likeness (QED) is 0.737. The number of fused-ring (bicyclic) bond motifs is 1. The molecule has 2 aromatic rings. The molecule has 4 rings (SSSR count). The number of likely N-dealkylation sites (tertiary alicyclic amines) is 1. The lowest BCUT2D eigenvalue weighted by Gasteiger charge is -2.31. The monoisotopic (exact) mass is 368 g/mol. The van der Waals surface area contributed by atoms with Gasteiger partial charge in [0, 0.05) is 13.1 Å². The molecule has 1 aromatic heterocycles. The van der Waals surface area contributed by atoms with Crippen LogP contribution in [0.1, 0.15) is 56.9 Å². The van der Waals surface area contributed by atoms with E-state index in [1.807, 2.05) is 25.1 Å². The summed E-state index contributed by atoms with van der Waals surface area (Å²) in [7, 11) is 0. The predicted octanol–water partition coefficient (Wildman–Crippen LogP) is 5.10. The van der Waals surface area contributed by atoms with Gasteiger partial charge in [-0.1, -0.05) is 37.0 Å². The van der Waals surface area contributed by atoms with Gasteiger partial charge in [-0.2, -0.15) is 4.74 Å². The van der Waals surface area contributed by atoms with Crippen LogP contribution in [0, 0.1) is 18.8 Å². The summed E-state index contributed by atoms with van der Waals surface area (Å²) in [4.78, 5) is 15.0. The highest BCUT2D eigenvalue weighted by molar-refractivity contribution is 5.76. The Morgan fingerprint density at radius 2 is 1.89 bits per heavy atom. The van der Waals surface area contributed by atoms with Crippen LogP contribution in [0.5, 0.6) is 0 Å². The van der Waals surface area contributed by atoms with E-state index in [0.29, 0.717) is 23.4 Å². The topological polar surface area (TPSA) is 38.4 Å². The highest BCUT2D eigenvalue weighted by atomic mass is 16.5. The number of nitrogens with zero attached hydrogens (tertiary/aromatic N) is 2. The van der Waals surface area contributed by atoms with Crippen LogP contribution >= 0.6 is 0 Å². The van der Waals surface area contributed by atoms with E-state index in [9.17, 15) is 4.79 Å². The van der Waals surface area contributed by atoms with Crippen LogP contribution in [-0.2, 0) is 6.54 Å². The van der Waals surface area contributed by atoms with Gasteiger partial charge in [0.1, 0.15) is 0 Å². The van der Waals surface area contributed by atoms with E-state index in [2.05, 4.69) is 17.2 Å². The summed E-state index contributed by atoms with van der Waals surface area (Å²) in [5.41, 5.74) is 1.82. The largest absolute Gasteiger partial charge is 0.378 e. The molecule has 1 saturated heterocycles. The van der Waals surface area contributed by atoms with Gasteiger partial charge in [0.2, 0.25) is 0 Å². The summed E-state index contributed by atoms with van der Waals surface area (Å²) in [6.07, 6.45) is 15.2. The maximum absolute atomic E-state index is 12.5. The van der Waals surface area contributed by atoms with Crippen LogP contribution in [0.15, 0.2) is 39.8 Å². The molecule has 4 nitrogen and oxygen atoms in total. The first kappa shape index (κ1) is 18.4. The van der Waals surface area contributed by atoms with E-state index < -0.39 is 0 Å². The van der Waals surface area contributed by atoms with Crippen LogP contribution in [0.4, 0.5) is 0 Å². The number of aromatic nitrogens is 1. The summed E-state index contributed by atoms with van der Waals surface area (Å²) in [6, 6.07) is 5.82. The number of hydrogen-bond acceptors (Lipinski definition) is 3. The van der Waals surface area contributed by atoms with Crippen molar-refractivity contribution >= 4 is 11.0 Å². The third-order valence-electron chi connectivity index (χ3n) is 6.41. The SMILES string of the molecule is Cc1ccc2on(CCC3CCN(C=CC4CCCCC4)CC3)c(=O)c2c1. The number of rotatable bonds is 5. The Balaban J connectivity index is 1.26. The highest BCUT2D eigenvalue weighted by Crippen LogP contribution is 2.26. The average Bonchev–Trinajstić information content (AvgIpc) is 3.02. The molecule has 1 aliphatic carbocycles. The van der Waals surface area contributed by atoms with Crippen LogP contribution in [-0.4, -0.2) is 22.7 Å². The van der Waals surface area contributed by atoms with Gasteiger partial charge in [0.05, 0.1) is 11.9 Å². The minimum Gasteiger partial charge on any atom is -0.378 e. The first-order valence-electron chi connectivity index (χ1n) is 10.7. The first-order chi connectivity index (χ1) is 13.2. The van der Waals surface area contributed by atoms with Crippen molar-refractivity contribution in [1.29, 1.82) is 0 Å². The Hall–Kier alpha value is -1.97. The van der Waals surface area contributed by atoms with Gasteiger partial charge in [-0.15, -0.1) is 0 Å². The van der Waals surface area contributed by atoms with Crippen molar-refractivity contribution in [2.45, 2.75) is 64.8 Å². The lowest BCUT2D eigenvalue weighted by atomic mass is 9.89. The standard InChI is InChI=1S/C23H32N2O2/c1-18-7-8-22-21(17-18)23(26)25(27-22)16-12-20-10-14-24(15-11-20)13-9-19-5-3-2-4-6-19/h7-9,13,17,19-20H,2-6,10-12,14-16H2,1H3. The van der Waals surface area contributed by atoms with Crippen molar-refractivity contribution in [2.75, 3.05) is 13.1 Å². The summed E-state index contributed by atoms with van der Waals surface area (Å²) in [6.45, 7) is 4.98. The number of benzene rings is 1. The second-order valence-electron chi connectivity index (χ2n) is 8.51. The molecular weight excluding hydrogens is 336 g/mol. The second kappa shape index (κ2) is 8.37. The predicted molar refractivity (Wildman–Crippen MR) is 110 cm³/mol. The Kier molecular flexibility index (Phi) is 5.70. The Bertz CT molecular complexity index is 834. The molecule has 0 amide bonds. The smallest absolute Gasteiger partial charge is 0.290 e. The zero-order valence-corrected chi connectivity index (χ0v) is 16.5. The van der Waals surface area contributed by atoms with Crippen LogP contribution in [0.3, 0.4) is 0 Å². The average molecular weight is 369 g/mol. The van der Waals surface area contributed by atoms with Crippen molar-refractivity contribution < 1.29 is 4.52 Å². The second-order valence-corrected chi connectivity index (χ2v) is 8.51. The summed E-state index contributed by atoms with van der Waals surface area (Å²) in [5.74, 6) is 1.49. The van der Waals surface area contributed by atoms with E-state index >= 15 is 0 Å². The van der Waals surface area contributed by atoms with Crippen molar-refractivity contribution in [3.05, 3.63) is 46.4 Å². The molecule has 2 fully saturated rings. The van der Waals surface area contributed by atoms with E-state index in [0.717, 1.165) is 31.0 Å². The van der Waals surface area contributed by atoms with Gasteiger partial charge in [-0.3, -0.25) is 4.79 Å². The highest BCUT2D eigenvalue weighted by Gasteiger charge is 2.19. The molecule has 0 bridgehead atoms. The summed E-state index contributed by atoms with van der Waals surface area (Å²) < 4.78 is 7.31. The van der Waals surface area contributed by atoms with Gasteiger partial charge in [-0.25, -0.2) is 0 Å². The van der Waals surface area contributed by atoms with Crippen LogP contribution < -0.4 is 5.56 Å². The van der Waals surface area contributed by atoms with Crippen LogP contribution in [0.2, 0.25) is 0 Å².